The number of carbonyl (C=O) groups excluding carboxylic acids is 1. The molecule has 0 spiro atoms. The van der Waals surface area contributed by atoms with Gasteiger partial charge < -0.3 is 9.88 Å². The van der Waals surface area contributed by atoms with Crippen LogP contribution in [0.4, 0.5) is 0 Å². The van der Waals surface area contributed by atoms with Gasteiger partial charge in [-0.2, -0.15) is 5.10 Å². The lowest BCUT2D eigenvalue weighted by Gasteiger charge is -2.03. The van der Waals surface area contributed by atoms with E-state index in [0.29, 0.717) is 11.4 Å². The van der Waals surface area contributed by atoms with Crippen molar-refractivity contribution in [3.8, 4) is 5.13 Å². The first-order valence-electron chi connectivity index (χ1n) is 7.52. The van der Waals surface area contributed by atoms with E-state index < -0.39 is 0 Å². The second-order valence-corrected chi connectivity index (χ2v) is 6.36. The Morgan fingerprint density at radius 1 is 1.21 bits per heavy atom. The standard InChI is InChI=1S/C17H15N5OS/c1-12-15(24-17(20-12)21-7-4-5-8-21)16(23)18-10-13-11-19-22-9-3-2-6-14(13)22/h2-9,11H,10H2,1H3,(H,18,23). The molecule has 0 aliphatic rings. The smallest absolute Gasteiger partial charge is 0.263 e. The number of pyridine rings is 1. The highest BCUT2D eigenvalue weighted by Crippen LogP contribution is 2.22. The van der Waals surface area contributed by atoms with E-state index in [0.717, 1.165) is 21.9 Å². The summed E-state index contributed by atoms with van der Waals surface area (Å²) in [4.78, 5) is 17.6. The summed E-state index contributed by atoms with van der Waals surface area (Å²) in [6, 6.07) is 9.73. The number of nitrogens with zero attached hydrogens (tertiary/aromatic N) is 4. The zero-order valence-corrected chi connectivity index (χ0v) is 13.8. The molecule has 4 heterocycles. The molecule has 0 aliphatic carbocycles. The van der Waals surface area contributed by atoms with Gasteiger partial charge in [0, 0.05) is 30.7 Å². The van der Waals surface area contributed by atoms with Gasteiger partial charge in [0.2, 0.25) is 0 Å². The number of amides is 1. The van der Waals surface area contributed by atoms with Crippen LogP contribution < -0.4 is 5.32 Å². The van der Waals surface area contributed by atoms with Crippen molar-refractivity contribution in [1.82, 2.24) is 24.5 Å². The Balaban J connectivity index is 1.52. The lowest BCUT2D eigenvalue weighted by Crippen LogP contribution is -2.22. The van der Waals surface area contributed by atoms with Crippen molar-refractivity contribution in [2.45, 2.75) is 13.5 Å². The van der Waals surface area contributed by atoms with Crippen molar-refractivity contribution < 1.29 is 4.79 Å². The van der Waals surface area contributed by atoms with Gasteiger partial charge in [0.15, 0.2) is 5.13 Å². The third-order valence-electron chi connectivity index (χ3n) is 3.76. The van der Waals surface area contributed by atoms with Crippen LogP contribution in [-0.2, 0) is 6.54 Å². The van der Waals surface area contributed by atoms with Crippen molar-refractivity contribution in [2.24, 2.45) is 0 Å². The molecule has 4 rings (SSSR count). The van der Waals surface area contributed by atoms with Crippen molar-refractivity contribution in [3.63, 3.8) is 0 Å². The van der Waals surface area contributed by atoms with E-state index in [9.17, 15) is 4.79 Å². The molecule has 1 amide bonds. The third kappa shape index (κ3) is 2.59. The minimum absolute atomic E-state index is 0.112. The number of aryl methyl sites for hydroxylation is 1. The predicted molar refractivity (Wildman–Crippen MR) is 92.5 cm³/mol. The fourth-order valence-corrected chi connectivity index (χ4v) is 3.50. The van der Waals surface area contributed by atoms with E-state index in [1.165, 1.54) is 11.3 Å². The Morgan fingerprint density at radius 2 is 2.00 bits per heavy atom. The van der Waals surface area contributed by atoms with Crippen LogP contribution in [0.25, 0.3) is 10.6 Å². The van der Waals surface area contributed by atoms with Crippen LogP contribution in [0.1, 0.15) is 20.9 Å². The third-order valence-corrected chi connectivity index (χ3v) is 4.93. The second kappa shape index (κ2) is 5.93. The summed E-state index contributed by atoms with van der Waals surface area (Å²) in [5.41, 5.74) is 2.71. The highest BCUT2D eigenvalue weighted by atomic mass is 32.1. The van der Waals surface area contributed by atoms with Gasteiger partial charge in [0.25, 0.3) is 5.91 Å². The van der Waals surface area contributed by atoms with Crippen molar-refractivity contribution in [1.29, 1.82) is 0 Å². The Kier molecular flexibility index (Phi) is 3.62. The number of carbonyl (C=O) groups is 1. The van der Waals surface area contributed by atoms with E-state index in [1.807, 2.05) is 60.4 Å². The maximum Gasteiger partial charge on any atom is 0.263 e. The molecule has 4 aromatic heterocycles. The zero-order chi connectivity index (χ0) is 16.5. The summed E-state index contributed by atoms with van der Waals surface area (Å²) in [6.07, 6.45) is 7.50. The van der Waals surface area contributed by atoms with E-state index in [1.54, 1.807) is 10.7 Å². The van der Waals surface area contributed by atoms with Gasteiger partial charge in [0.05, 0.1) is 17.4 Å². The number of thiazole rings is 1. The topological polar surface area (TPSA) is 64.2 Å². The number of rotatable bonds is 4. The van der Waals surface area contributed by atoms with E-state index >= 15 is 0 Å². The Bertz CT molecular complexity index is 999. The minimum atomic E-state index is -0.112. The van der Waals surface area contributed by atoms with E-state index in [2.05, 4.69) is 15.4 Å². The van der Waals surface area contributed by atoms with Crippen molar-refractivity contribution >= 4 is 22.8 Å². The summed E-state index contributed by atoms with van der Waals surface area (Å²) >= 11 is 1.39. The van der Waals surface area contributed by atoms with Gasteiger partial charge in [-0.1, -0.05) is 17.4 Å². The van der Waals surface area contributed by atoms with Gasteiger partial charge in [-0.05, 0) is 31.2 Å². The number of nitrogens with one attached hydrogen (secondary N) is 1. The van der Waals surface area contributed by atoms with Gasteiger partial charge in [-0.3, -0.25) is 4.79 Å². The SMILES string of the molecule is Cc1nc(-n2cccc2)sc1C(=O)NCc1cnn2ccccc12. The monoisotopic (exact) mass is 337 g/mol. The number of aromatic nitrogens is 4. The first-order chi connectivity index (χ1) is 11.7. The lowest BCUT2D eigenvalue weighted by atomic mass is 10.2. The van der Waals surface area contributed by atoms with Crippen LogP contribution in [0.2, 0.25) is 0 Å². The predicted octanol–water partition coefficient (Wildman–Crippen LogP) is 2.82. The second-order valence-electron chi connectivity index (χ2n) is 5.38. The fourth-order valence-electron chi connectivity index (χ4n) is 2.54. The van der Waals surface area contributed by atoms with E-state index in [-0.39, 0.29) is 5.91 Å². The molecule has 0 fully saturated rings. The largest absolute Gasteiger partial charge is 0.347 e. The number of fused-ring (bicyclic) bond motifs is 1. The van der Waals surface area contributed by atoms with Crippen molar-refractivity contribution in [2.75, 3.05) is 0 Å². The van der Waals surface area contributed by atoms with Crippen LogP contribution in [0.3, 0.4) is 0 Å². The van der Waals surface area contributed by atoms with Crippen LogP contribution in [0.5, 0.6) is 0 Å². The summed E-state index contributed by atoms with van der Waals surface area (Å²) in [6.45, 7) is 2.29. The van der Waals surface area contributed by atoms with Gasteiger partial charge in [0.1, 0.15) is 4.88 Å². The van der Waals surface area contributed by atoms with Gasteiger partial charge in [-0.15, -0.1) is 0 Å². The molecule has 120 valence electrons. The summed E-state index contributed by atoms with van der Waals surface area (Å²) in [7, 11) is 0. The van der Waals surface area contributed by atoms with Crippen LogP contribution in [0.15, 0.2) is 55.1 Å². The van der Waals surface area contributed by atoms with Crippen LogP contribution >= 0.6 is 11.3 Å². The Labute approximate surface area is 142 Å². The fraction of sp³-hybridized carbons (Fsp3) is 0.118. The summed E-state index contributed by atoms with van der Waals surface area (Å²) in [5, 5.41) is 8.03. The molecule has 1 N–H and O–H groups in total. The number of hydrogen-bond donors (Lipinski definition) is 1. The molecule has 6 nitrogen and oxygen atoms in total. The average molecular weight is 337 g/mol. The first-order valence-corrected chi connectivity index (χ1v) is 8.34. The van der Waals surface area contributed by atoms with Crippen LogP contribution in [-0.4, -0.2) is 25.1 Å². The van der Waals surface area contributed by atoms with E-state index in [4.69, 9.17) is 0 Å². The average Bonchev–Trinajstić information content (AvgIpc) is 3.32. The Hall–Kier alpha value is -2.93. The van der Waals surface area contributed by atoms with Gasteiger partial charge >= 0.3 is 0 Å². The molecule has 0 unspecified atom stereocenters. The van der Waals surface area contributed by atoms with Gasteiger partial charge in [-0.25, -0.2) is 9.50 Å². The summed E-state index contributed by atoms with van der Waals surface area (Å²) in [5.74, 6) is -0.112. The molecule has 7 heteroatoms. The highest BCUT2D eigenvalue weighted by Gasteiger charge is 2.16. The lowest BCUT2D eigenvalue weighted by molar-refractivity contribution is 0.0954. The molecule has 4 aromatic rings. The summed E-state index contributed by atoms with van der Waals surface area (Å²) < 4.78 is 3.70. The maximum absolute atomic E-state index is 12.5. The Morgan fingerprint density at radius 3 is 2.83 bits per heavy atom. The number of hydrogen-bond acceptors (Lipinski definition) is 4. The van der Waals surface area contributed by atoms with Crippen molar-refractivity contribution in [3.05, 3.63) is 71.3 Å². The maximum atomic E-state index is 12.5. The highest BCUT2D eigenvalue weighted by molar-refractivity contribution is 7.16. The molecule has 0 radical (unpaired) electrons. The molecule has 0 aliphatic heterocycles. The molecule has 0 aromatic carbocycles. The quantitative estimate of drug-likeness (QED) is 0.623. The first kappa shape index (κ1) is 14.6. The van der Waals surface area contributed by atoms with Crippen LogP contribution in [0, 0.1) is 6.92 Å². The zero-order valence-electron chi connectivity index (χ0n) is 13.0. The molecule has 0 atom stereocenters. The molecular weight excluding hydrogens is 322 g/mol. The minimum Gasteiger partial charge on any atom is -0.347 e. The molecule has 0 saturated heterocycles. The molecule has 24 heavy (non-hydrogen) atoms. The normalized spacial score (nSPS) is 11.0. The molecular formula is C17H15N5OS. The molecule has 0 bridgehead atoms. The molecule has 0 saturated carbocycles.